The average molecular weight is 486 g/mol. The molecule has 0 atom stereocenters. The van der Waals surface area contributed by atoms with Gasteiger partial charge in [0.15, 0.2) is 0 Å². The lowest BCUT2D eigenvalue weighted by atomic mass is 9.94. The molecule has 0 aliphatic carbocycles. The summed E-state index contributed by atoms with van der Waals surface area (Å²) in [4.78, 5) is 44.4. The molecule has 186 valence electrons. The summed E-state index contributed by atoms with van der Waals surface area (Å²) in [5.74, 6) is 0.914. The number of rotatable bonds is 4. The Morgan fingerprint density at radius 2 is 1.42 bits per heavy atom. The summed E-state index contributed by atoms with van der Waals surface area (Å²) < 4.78 is 1.42. The van der Waals surface area contributed by atoms with Crippen LogP contribution < -0.4 is 10.5 Å². The van der Waals surface area contributed by atoms with Gasteiger partial charge in [0.1, 0.15) is 5.82 Å². The molecule has 2 amide bonds. The SMILES string of the molecule is O=C(c1ccccc1)N1CCC(C(=O)N2CCCN(c3ccc(=O)n(-c4ccccc4)n3)CC2)CC1. The molecular weight excluding hydrogens is 454 g/mol. The molecule has 3 aromatic rings. The van der Waals surface area contributed by atoms with E-state index in [0.29, 0.717) is 51.1 Å². The molecule has 0 spiro atoms. The van der Waals surface area contributed by atoms with Crippen molar-refractivity contribution in [2.24, 2.45) is 5.92 Å². The number of hydrogen-bond acceptors (Lipinski definition) is 5. The van der Waals surface area contributed by atoms with Crippen molar-refractivity contribution in [3.8, 4) is 5.69 Å². The number of likely N-dealkylation sites (tertiary alicyclic amines) is 1. The van der Waals surface area contributed by atoms with Crippen molar-refractivity contribution in [3.05, 3.63) is 88.7 Å². The molecule has 2 aromatic carbocycles. The number of nitrogens with zero attached hydrogens (tertiary/aromatic N) is 5. The van der Waals surface area contributed by atoms with Crippen LogP contribution in [-0.2, 0) is 4.79 Å². The Morgan fingerprint density at radius 3 is 2.14 bits per heavy atom. The average Bonchev–Trinajstić information content (AvgIpc) is 3.20. The summed E-state index contributed by atoms with van der Waals surface area (Å²) in [5, 5.41) is 4.61. The van der Waals surface area contributed by atoms with Crippen molar-refractivity contribution in [1.29, 1.82) is 0 Å². The van der Waals surface area contributed by atoms with Crippen molar-refractivity contribution in [1.82, 2.24) is 19.6 Å². The molecule has 1 aromatic heterocycles. The fourth-order valence-corrected chi connectivity index (χ4v) is 5.04. The summed E-state index contributed by atoms with van der Waals surface area (Å²) in [5.41, 5.74) is 1.25. The molecule has 0 saturated carbocycles. The Labute approximate surface area is 210 Å². The number of carbonyl (C=O) groups is 2. The second-order valence-electron chi connectivity index (χ2n) is 9.38. The zero-order valence-corrected chi connectivity index (χ0v) is 20.3. The van der Waals surface area contributed by atoms with Crippen LogP contribution in [0.1, 0.15) is 29.6 Å². The Kier molecular flexibility index (Phi) is 7.11. The molecule has 2 aliphatic heterocycles. The lowest BCUT2D eigenvalue weighted by molar-refractivity contribution is -0.136. The largest absolute Gasteiger partial charge is 0.353 e. The molecule has 8 heteroatoms. The van der Waals surface area contributed by atoms with Gasteiger partial charge in [-0.1, -0.05) is 36.4 Å². The summed E-state index contributed by atoms with van der Waals surface area (Å²) in [7, 11) is 0. The number of amides is 2. The molecule has 2 fully saturated rings. The van der Waals surface area contributed by atoms with Gasteiger partial charge in [0.25, 0.3) is 11.5 Å². The third kappa shape index (κ3) is 5.17. The second-order valence-corrected chi connectivity index (χ2v) is 9.38. The summed E-state index contributed by atoms with van der Waals surface area (Å²) >= 11 is 0. The van der Waals surface area contributed by atoms with Gasteiger partial charge in [0.05, 0.1) is 5.69 Å². The van der Waals surface area contributed by atoms with Gasteiger partial charge in [-0.15, -0.1) is 5.10 Å². The van der Waals surface area contributed by atoms with Crippen LogP contribution in [0.25, 0.3) is 5.69 Å². The smallest absolute Gasteiger partial charge is 0.271 e. The maximum atomic E-state index is 13.3. The highest BCUT2D eigenvalue weighted by atomic mass is 16.2. The zero-order valence-electron chi connectivity index (χ0n) is 20.3. The van der Waals surface area contributed by atoms with Gasteiger partial charge < -0.3 is 14.7 Å². The minimum Gasteiger partial charge on any atom is -0.353 e. The fraction of sp³-hybridized carbons (Fsp3) is 0.357. The summed E-state index contributed by atoms with van der Waals surface area (Å²) in [6.07, 6.45) is 2.23. The van der Waals surface area contributed by atoms with E-state index in [9.17, 15) is 14.4 Å². The monoisotopic (exact) mass is 485 g/mol. The lowest BCUT2D eigenvalue weighted by Gasteiger charge is -2.34. The van der Waals surface area contributed by atoms with Gasteiger partial charge >= 0.3 is 0 Å². The van der Waals surface area contributed by atoms with Crippen LogP contribution in [0.2, 0.25) is 0 Å². The lowest BCUT2D eigenvalue weighted by Crippen LogP contribution is -2.45. The first-order chi connectivity index (χ1) is 17.6. The number of carbonyl (C=O) groups excluding carboxylic acids is 2. The first-order valence-corrected chi connectivity index (χ1v) is 12.6. The molecule has 36 heavy (non-hydrogen) atoms. The van der Waals surface area contributed by atoms with Crippen LogP contribution >= 0.6 is 0 Å². The number of piperidine rings is 1. The maximum Gasteiger partial charge on any atom is 0.271 e. The second kappa shape index (κ2) is 10.8. The number of anilines is 1. The molecule has 0 radical (unpaired) electrons. The standard InChI is InChI=1S/C28H31N5O3/c34-26-13-12-25(29-33(26)24-10-5-2-6-11-24)30-16-7-17-31(21-20-30)28(36)23-14-18-32(19-15-23)27(35)22-8-3-1-4-9-22/h1-6,8-13,23H,7,14-21H2. The predicted octanol–water partition coefficient (Wildman–Crippen LogP) is 2.82. The van der Waals surface area contributed by atoms with Gasteiger partial charge in [-0.3, -0.25) is 14.4 Å². The third-order valence-corrected chi connectivity index (χ3v) is 7.07. The minimum absolute atomic E-state index is 0.0382. The molecule has 3 heterocycles. The summed E-state index contributed by atoms with van der Waals surface area (Å²) in [6, 6.07) is 22.0. The topological polar surface area (TPSA) is 78.8 Å². The molecular formula is C28H31N5O3. The van der Waals surface area contributed by atoms with Crippen LogP contribution in [-0.4, -0.2) is 70.7 Å². The van der Waals surface area contributed by atoms with E-state index in [1.807, 2.05) is 70.5 Å². The van der Waals surface area contributed by atoms with E-state index in [1.54, 1.807) is 12.1 Å². The van der Waals surface area contributed by atoms with Gasteiger partial charge in [0, 0.05) is 56.8 Å². The van der Waals surface area contributed by atoms with Crippen molar-refractivity contribution in [2.45, 2.75) is 19.3 Å². The van der Waals surface area contributed by atoms with Gasteiger partial charge in [-0.25, -0.2) is 0 Å². The van der Waals surface area contributed by atoms with E-state index in [-0.39, 0.29) is 23.3 Å². The first-order valence-electron chi connectivity index (χ1n) is 12.6. The molecule has 0 N–H and O–H groups in total. The Balaban J connectivity index is 1.19. The number of aromatic nitrogens is 2. The fourth-order valence-electron chi connectivity index (χ4n) is 5.04. The van der Waals surface area contributed by atoms with Gasteiger partial charge in [-0.05, 0) is 49.6 Å². The van der Waals surface area contributed by atoms with E-state index in [0.717, 1.165) is 24.5 Å². The van der Waals surface area contributed by atoms with Gasteiger partial charge in [0.2, 0.25) is 5.91 Å². The van der Waals surface area contributed by atoms with E-state index < -0.39 is 0 Å². The van der Waals surface area contributed by atoms with Crippen molar-refractivity contribution >= 4 is 17.6 Å². The highest BCUT2D eigenvalue weighted by molar-refractivity contribution is 5.94. The van der Waals surface area contributed by atoms with Crippen LogP contribution in [0.3, 0.4) is 0 Å². The predicted molar refractivity (Wildman–Crippen MR) is 138 cm³/mol. The van der Waals surface area contributed by atoms with Crippen LogP contribution in [0.4, 0.5) is 5.82 Å². The number of benzene rings is 2. The van der Waals surface area contributed by atoms with Crippen molar-refractivity contribution in [2.75, 3.05) is 44.2 Å². The van der Waals surface area contributed by atoms with Crippen LogP contribution in [0.15, 0.2) is 77.6 Å². The first kappa shape index (κ1) is 23.8. The Hall–Kier alpha value is -3.94. The van der Waals surface area contributed by atoms with Crippen LogP contribution in [0.5, 0.6) is 0 Å². The normalized spacial score (nSPS) is 17.1. The van der Waals surface area contributed by atoms with E-state index >= 15 is 0 Å². The quantitative estimate of drug-likeness (QED) is 0.568. The van der Waals surface area contributed by atoms with Crippen molar-refractivity contribution in [3.63, 3.8) is 0 Å². The maximum absolute atomic E-state index is 13.3. The molecule has 8 nitrogen and oxygen atoms in total. The Bertz CT molecular complexity index is 1250. The molecule has 0 unspecified atom stereocenters. The minimum atomic E-state index is -0.173. The highest BCUT2D eigenvalue weighted by Crippen LogP contribution is 2.23. The number of para-hydroxylation sites is 1. The van der Waals surface area contributed by atoms with E-state index in [1.165, 1.54) is 4.68 Å². The van der Waals surface area contributed by atoms with E-state index in [2.05, 4.69) is 10.00 Å². The number of hydrogen-bond donors (Lipinski definition) is 0. The molecule has 5 rings (SSSR count). The van der Waals surface area contributed by atoms with Gasteiger partial charge in [-0.2, -0.15) is 4.68 Å². The molecule has 0 bridgehead atoms. The zero-order chi connectivity index (χ0) is 24.9. The summed E-state index contributed by atoms with van der Waals surface area (Å²) in [6.45, 7) is 3.97. The van der Waals surface area contributed by atoms with Crippen molar-refractivity contribution < 1.29 is 9.59 Å². The van der Waals surface area contributed by atoms with Crippen LogP contribution in [0, 0.1) is 5.92 Å². The third-order valence-electron chi connectivity index (χ3n) is 7.07. The highest BCUT2D eigenvalue weighted by Gasteiger charge is 2.31. The van der Waals surface area contributed by atoms with E-state index in [4.69, 9.17) is 0 Å². The molecule has 2 saturated heterocycles. The Morgan fingerprint density at radius 1 is 0.722 bits per heavy atom. The molecule has 2 aliphatic rings.